The summed E-state index contributed by atoms with van der Waals surface area (Å²) in [7, 11) is 0. The van der Waals surface area contributed by atoms with Gasteiger partial charge in [-0.2, -0.15) is 0 Å². The summed E-state index contributed by atoms with van der Waals surface area (Å²) >= 11 is 0. The van der Waals surface area contributed by atoms with Crippen molar-refractivity contribution in [3.8, 4) is 0 Å². The van der Waals surface area contributed by atoms with Crippen LogP contribution in [0, 0.1) is 0 Å². The molecule has 0 aromatic carbocycles. The van der Waals surface area contributed by atoms with Crippen LogP contribution in [-0.2, 0) is 42.9 Å². The van der Waals surface area contributed by atoms with Gasteiger partial charge in [0.25, 0.3) is 0 Å². The first-order valence-electron chi connectivity index (χ1n) is 6.41. The predicted molar refractivity (Wildman–Crippen MR) is 70.3 cm³/mol. The number of carbonyl (C=O) groups excluding carboxylic acids is 4. The van der Waals surface area contributed by atoms with Crippen molar-refractivity contribution in [2.45, 2.75) is 39.9 Å². The number of esters is 4. The second-order valence-corrected chi connectivity index (χ2v) is 4.21. The van der Waals surface area contributed by atoms with Crippen LogP contribution in [0.2, 0.25) is 0 Å². The van der Waals surface area contributed by atoms with Crippen LogP contribution in [0.5, 0.6) is 0 Å². The van der Waals surface area contributed by atoms with Crippen LogP contribution in [0.25, 0.3) is 0 Å². The zero-order chi connectivity index (χ0) is 17.1. The lowest BCUT2D eigenvalue weighted by Gasteiger charge is -2.25. The van der Waals surface area contributed by atoms with Gasteiger partial charge in [0.2, 0.25) is 0 Å². The average Bonchev–Trinajstić information content (AvgIpc) is 2.37. The maximum atomic E-state index is 11.1. The molecule has 0 radical (unpaired) electrons. The fourth-order valence-corrected chi connectivity index (χ4v) is 1.30. The SMILES string of the molecule is CC(=O)OCO[C@H](COC(C)=O)[C@@H](COC(C)=O)OC(C)=O. The van der Waals surface area contributed by atoms with Crippen LogP contribution in [0.15, 0.2) is 0 Å². The molecule has 0 rings (SSSR count). The van der Waals surface area contributed by atoms with E-state index in [1.807, 2.05) is 0 Å². The van der Waals surface area contributed by atoms with E-state index in [9.17, 15) is 19.2 Å². The van der Waals surface area contributed by atoms with Crippen LogP contribution >= 0.6 is 0 Å². The molecule has 0 aromatic heterocycles. The highest BCUT2D eigenvalue weighted by Gasteiger charge is 2.28. The van der Waals surface area contributed by atoms with E-state index in [2.05, 4.69) is 4.74 Å². The smallest absolute Gasteiger partial charge is 0.304 e. The third kappa shape index (κ3) is 10.6. The Bertz CT molecular complexity index is 404. The summed E-state index contributed by atoms with van der Waals surface area (Å²) in [5, 5.41) is 0. The lowest BCUT2D eigenvalue weighted by molar-refractivity contribution is -0.189. The van der Waals surface area contributed by atoms with Crippen molar-refractivity contribution in [1.29, 1.82) is 0 Å². The van der Waals surface area contributed by atoms with Crippen LogP contribution in [0.1, 0.15) is 27.7 Å². The van der Waals surface area contributed by atoms with Crippen molar-refractivity contribution < 1.29 is 42.9 Å². The van der Waals surface area contributed by atoms with Gasteiger partial charge in [0.1, 0.15) is 19.3 Å². The molecule has 0 heterocycles. The fraction of sp³-hybridized carbons (Fsp3) is 0.692. The van der Waals surface area contributed by atoms with Crippen LogP contribution in [0.4, 0.5) is 0 Å². The molecule has 0 saturated heterocycles. The fourth-order valence-electron chi connectivity index (χ4n) is 1.30. The first-order valence-corrected chi connectivity index (χ1v) is 6.41. The van der Waals surface area contributed by atoms with Crippen LogP contribution in [-0.4, -0.2) is 56.1 Å². The molecule has 2 atom stereocenters. The van der Waals surface area contributed by atoms with Gasteiger partial charge >= 0.3 is 23.9 Å². The van der Waals surface area contributed by atoms with E-state index < -0.39 is 42.9 Å². The summed E-state index contributed by atoms with van der Waals surface area (Å²) in [5.41, 5.74) is 0. The van der Waals surface area contributed by atoms with Crippen molar-refractivity contribution in [1.82, 2.24) is 0 Å². The normalized spacial score (nSPS) is 12.7. The molecule has 9 heteroatoms. The van der Waals surface area contributed by atoms with Gasteiger partial charge in [-0.1, -0.05) is 0 Å². The van der Waals surface area contributed by atoms with Gasteiger partial charge in [0.05, 0.1) is 0 Å². The molecule has 0 saturated carbocycles. The largest absolute Gasteiger partial charge is 0.463 e. The summed E-state index contributed by atoms with van der Waals surface area (Å²) in [6, 6.07) is 0. The zero-order valence-electron chi connectivity index (χ0n) is 13.0. The van der Waals surface area contributed by atoms with Crippen molar-refractivity contribution in [2.75, 3.05) is 20.0 Å². The molecule has 0 aliphatic carbocycles. The quantitative estimate of drug-likeness (QED) is 0.327. The highest BCUT2D eigenvalue weighted by molar-refractivity contribution is 5.67. The Morgan fingerprint density at radius 2 is 1.14 bits per heavy atom. The number of hydrogen-bond donors (Lipinski definition) is 0. The maximum Gasteiger partial charge on any atom is 0.304 e. The van der Waals surface area contributed by atoms with Crippen molar-refractivity contribution in [3.05, 3.63) is 0 Å². The lowest BCUT2D eigenvalue weighted by atomic mass is 10.2. The molecule has 0 amide bonds. The molecule has 0 unspecified atom stereocenters. The number of carbonyl (C=O) groups is 4. The number of rotatable bonds is 9. The Morgan fingerprint density at radius 3 is 1.55 bits per heavy atom. The van der Waals surface area contributed by atoms with Crippen LogP contribution < -0.4 is 0 Å². The van der Waals surface area contributed by atoms with E-state index in [0.717, 1.165) is 6.92 Å². The molecule has 126 valence electrons. The van der Waals surface area contributed by atoms with Gasteiger partial charge in [0.15, 0.2) is 12.9 Å². The average molecular weight is 320 g/mol. The van der Waals surface area contributed by atoms with Gasteiger partial charge in [0, 0.05) is 27.7 Å². The Balaban J connectivity index is 4.79. The first kappa shape index (κ1) is 19.8. The maximum absolute atomic E-state index is 11.1. The molecule has 22 heavy (non-hydrogen) atoms. The molecule has 0 bridgehead atoms. The lowest BCUT2D eigenvalue weighted by Crippen LogP contribution is -2.41. The minimum atomic E-state index is -1.02. The Morgan fingerprint density at radius 1 is 0.682 bits per heavy atom. The Hall–Kier alpha value is -2.16. The Labute approximate surface area is 127 Å². The zero-order valence-corrected chi connectivity index (χ0v) is 13.0. The molecular weight excluding hydrogens is 300 g/mol. The monoisotopic (exact) mass is 320 g/mol. The summed E-state index contributed by atoms with van der Waals surface area (Å²) < 4.78 is 24.4. The van der Waals surface area contributed by atoms with Crippen LogP contribution in [0.3, 0.4) is 0 Å². The molecule has 0 fully saturated rings. The van der Waals surface area contributed by atoms with E-state index in [1.165, 1.54) is 20.8 Å². The van der Waals surface area contributed by atoms with Crippen molar-refractivity contribution >= 4 is 23.9 Å². The van der Waals surface area contributed by atoms with E-state index in [4.69, 9.17) is 18.9 Å². The Kier molecular flexibility index (Phi) is 9.51. The predicted octanol–water partition coefficient (Wildman–Crippen LogP) is -0.0499. The van der Waals surface area contributed by atoms with E-state index >= 15 is 0 Å². The standard InChI is InChI=1S/C13H20O9/c1-8(14)18-5-12(21-7-20-10(3)16)13(22-11(4)17)6-19-9(2)15/h12-13H,5-7H2,1-4H3/t12-,13-/m1/s1. The van der Waals surface area contributed by atoms with Gasteiger partial charge in [-0.05, 0) is 0 Å². The topological polar surface area (TPSA) is 114 Å². The van der Waals surface area contributed by atoms with Gasteiger partial charge in [-0.3, -0.25) is 19.2 Å². The summed E-state index contributed by atoms with van der Waals surface area (Å²) in [6.45, 7) is 3.74. The molecule has 0 aromatic rings. The molecular formula is C13H20O9. The summed E-state index contributed by atoms with van der Waals surface area (Å²) in [6.07, 6.45) is -1.98. The van der Waals surface area contributed by atoms with Crippen molar-refractivity contribution in [2.24, 2.45) is 0 Å². The third-order valence-corrected chi connectivity index (χ3v) is 2.18. The number of ether oxygens (including phenoxy) is 5. The van der Waals surface area contributed by atoms with E-state index in [1.54, 1.807) is 0 Å². The van der Waals surface area contributed by atoms with Crippen molar-refractivity contribution in [3.63, 3.8) is 0 Å². The molecule has 0 aliphatic rings. The minimum absolute atomic E-state index is 0.268. The first-order chi connectivity index (χ1) is 10.2. The van der Waals surface area contributed by atoms with E-state index in [0.29, 0.717) is 0 Å². The van der Waals surface area contributed by atoms with E-state index in [-0.39, 0.29) is 13.2 Å². The minimum Gasteiger partial charge on any atom is -0.463 e. The third-order valence-electron chi connectivity index (χ3n) is 2.18. The number of hydrogen-bond acceptors (Lipinski definition) is 9. The second-order valence-electron chi connectivity index (χ2n) is 4.21. The highest BCUT2D eigenvalue weighted by Crippen LogP contribution is 2.08. The summed E-state index contributed by atoms with van der Waals surface area (Å²) in [4.78, 5) is 43.6. The molecule has 9 nitrogen and oxygen atoms in total. The van der Waals surface area contributed by atoms with Gasteiger partial charge in [-0.15, -0.1) is 0 Å². The highest BCUT2D eigenvalue weighted by atomic mass is 16.7. The molecule has 0 N–H and O–H groups in total. The molecule has 0 spiro atoms. The van der Waals surface area contributed by atoms with Gasteiger partial charge in [-0.25, -0.2) is 0 Å². The van der Waals surface area contributed by atoms with Gasteiger partial charge < -0.3 is 23.7 Å². The molecule has 0 aliphatic heterocycles. The summed E-state index contributed by atoms with van der Waals surface area (Å²) in [5.74, 6) is -2.37. The second kappa shape index (κ2) is 10.6.